The van der Waals surface area contributed by atoms with Gasteiger partial charge in [-0.2, -0.15) is 0 Å². The molecule has 33 heavy (non-hydrogen) atoms. The Bertz CT molecular complexity index is 1150. The highest BCUT2D eigenvalue weighted by Gasteiger charge is 2.29. The van der Waals surface area contributed by atoms with E-state index in [-0.39, 0.29) is 28.0 Å². The summed E-state index contributed by atoms with van der Waals surface area (Å²) >= 11 is 0. The molecule has 0 spiro atoms. The summed E-state index contributed by atoms with van der Waals surface area (Å²) in [6, 6.07) is 8.05. The van der Waals surface area contributed by atoms with E-state index in [9.17, 15) is 23.1 Å². The number of sulfonamides is 1. The molecule has 0 bridgehead atoms. The molecule has 2 aromatic rings. The number of hydrogen-bond donors (Lipinski definition) is 2. The molecule has 1 aliphatic rings. The van der Waals surface area contributed by atoms with Crippen molar-refractivity contribution in [2.75, 3.05) is 29.3 Å². The third kappa shape index (κ3) is 5.47. The fourth-order valence-electron chi connectivity index (χ4n) is 4.49. The lowest BCUT2D eigenvalue weighted by Crippen LogP contribution is -2.40. The second-order valence-corrected chi connectivity index (χ2v) is 10.0. The molecule has 8 nitrogen and oxygen atoms in total. The molecular weight excluding hydrogens is 444 g/mol. The van der Waals surface area contributed by atoms with Gasteiger partial charge in [0, 0.05) is 18.8 Å². The van der Waals surface area contributed by atoms with Crippen molar-refractivity contribution in [3.63, 3.8) is 0 Å². The van der Waals surface area contributed by atoms with Crippen LogP contribution in [0.5, 0.6) is 0 Å². The molecule has 0 aliphatic carbocycles. The van der Waals surface area contributed by atoms with Gasteiger partial charge in [-0.15, -0.1) is 0 Å². The zero-order chi connectivity index (χ0) is 24.3. The van der Waals surface area contributed by atoms with Crippen LogP contribution in [0.15, 0.2) is 35.2 Å². The third-order valence-electron chi connectivity index (χ3n) is 5.73. The van der Waals surface area contributed by atoms with Crippen LogP contribution in [0.2, 0.25) is 0 Å². The summed E-state index contributed by atoms with van der Waals surface area (Å²) in [7, 11) is -3.92. The summed E-state index contributed by atoms with van der Waals surface area (Å²) in [4.78, 5) is 26.2. The smallest absolute Gasteiger partial charge is 0.337 e. The van der Waals surface area contributed by atoms with Crippen molar-refractivity contribution >= 4 is 33.3 Å². The lowest BCUT2D eigenvalue weighted by atomic mass is 9.97. The topological polar surface area (TPSA) is 113 Å². The van der Waals surface area contributed by atoms with Crippen molar-refractivity contribution in [3.8, 4) is 0 Å². The minimum absolute atomic E-state index is 0.0305. The first kappa shape index (κ1) is 24.6. The van der Waals surface area contributed by atoms with Crippen LogP contribution in [-0.2, 0) is 19.6 Å². The summed E-state index contributed by atoms with van der Waals surface area (Å²) in [5.41, 5.74) is 2.78. The molecule has 178 valence electrons. The van der Waals surface area contributed by atoms with Crippen LogP contribution in [-0.4, -0.2) is 45.2 Å². The maximum atomic E-state index is 13.1. The fourth-order valence-corrected chi connectivity index (χ4v) is 6.00. The Morgan fingerprint density at radius 2 is 1.82 bits per heavy atom. The molecule has 1 atom stereocenters. The van der Waals surface area contributed by atoms with Crippen molar-refractivity contribution in [3.05, 3.63) is 52.6 Å². The minimum atomic E-state index is -3.92. The summed E-state index contributed by atoms with van der Waals surface area (Å²) in [6.07, 6.45) is 1.41. The number of carbonyl (C=O) groups is 2. The Morgan fingerprint density at radius 1 is 1.15 bits per heavy atom. The molecule has 2 N–H and O–H groups in total. The number of rotatable bonds is 7. The maximum Gasteiger partial charge on any atom is 0.337 e. The number of nitrogens with one attached hydrogen (secondary N) is 1. The number of benzene rings is 2. The molecule has 3 rings (SSSR count). The molecule has 1 fully saturated rings. The van der Waals surface area contributed by atoms with Gasteiger partial charge in [0.1, 0.15) is 0 Å². The predicted octanol–water partition coefficient (Wildman–Crippen LogP) is 3.89. The van der Waals surface area contributed by atoms with Gasteiger partial charge in [0.25, 0.3) is 10.0 Å². The monoisotopic (exact) mass is 474 g/mol. The van der Waals surface area contributed by atoms with Gasteiger partial charge in [0.15, 0.2) is 0 Å². The zero-order valence-corrected chi connectivity index (χ0v) is 20.2. The second kappa shape index (κ2) is 9.82. The number of carboxylic acid groups (broad SMARTS) is 1. The van der Waals surface area contributed by atoms with E-state index >= 15 is 0 Å². The number of ether oxygens (including phenoxy) is 1. The molecule has 1 aliphatic heterocycles. The quantitative estimate of drug-likeness (QED) is 0.585. The van der Waals surface area contributed by atoms with Gasteiger partial charge in [-0.25, -0.2) is 13.2 Å². The molecular formula is C24H30N2O6S. The number of hydrogen-bond acceptors (Lipinski definition) is 6. The highest BCUT2D eigenvalue weighted by atomic mass is 32.2. The maximum absolute atomic E-state index is 13.1. The Balaban J connectivity index is 1.91. The van der Waals surface area contributed by atoms with Crippen molar-refractivity contribution in [2.24, 2.45) is 5.92 Å². The average Bonchev–Trinajstić information content (AvgIpc) is 2.72. The minimum Gasteiger partial charge on any atom is -0.478 e. The summed E-state index contributed by atoms with van der Waals surface area (Å²) in [5, 5.41) is 9.82. The molecule has 0 saturated carbocycles. The largest absolute Gasteiger partial charge is 0.478 e. The lowest BCUT2D eigenvalue weighted by molar-refractivity contribution is -0.148. The Labute approximate surface area is 194 Å². The van der Waals surface area contributed by atoms with Crippen molar-refractivity contribution in [1.29, 1.82) is 0 Å². The van der Waals surface area contributed by atoms with Gasteiger partial charge in [0.05, 0.1) is 28.7 Å². The zero-order valence-electron chi connectivity index (χ0n) is 19.3. The number of piperidine rings is 1. The van der Waals surface area contributed by atoms with E-state index in [1.807, 2.05) is 11.8 Å². The fraction of sp³-hybridized carbons (Fsp3) is 0.417. The number of esters is 1. The highest BCUT2D eigenvalue weighted by Crippen LogP contribution is 2.31. The first-order valence-corrected chi connectivity index (χ1v) is 12.4. The third-order valence-corrected chi connectivity index (χ3v) is 7.42. The predicted molar refractivity (Wildman–Crippen MR) is 126 cm³/mol. The van der Waals surface area contributed by atoms with Crippen molar-refractivity contribution in [1.82, 2.24) is 0 Å². The SMILES string of the molecule is CCOC(=O)[C@@H]1CCCN(c2ccc(NS(=O)(=O)c3c(C)cc(C)cc3C)cc2C(=O)O)C1. The Morgan fingerprint density at radius 3 is 2.42 bits per heavy atom. The van der Waals surface area contributed by atoms with E-state index in [1.54, 1.807) is 45.0 Å². The number of anilines is 2. The van der Waals surface area contributed by atoms with Gasteiger partial charge in [-0.1, -0.05) is 17.7 Å². The number of carbonyl (C=O) groups excluding carboxylic acids is 1. The molecule has 1 heterocycles. The standard InChI is InChI=1S/C24H30N2O6S/c1-5-32-24(29)18-7-6-10-26(14-18)21-9-8-19(13-20(21)23(27)28)25-33(30,31)22-16(3)11-15(2)12-17(22)4/h8-9,11-13,18,25H,5-7,10,14H2,1-4H3,(H,27,28)/t18-/m1/s1. The van der Waals surface area contributed by atoms with Gasteiger partial charge >= 0.3 is 11.9 Å². The summed E-state index contributed by atoms with van der Waals surface area (Å²) in [6.45, 7) is 8.36. The van der Waals surface area contributed by atoms with Gasteiger partial charge in [0.2, 0.25) is 0 Å². The lowest BCUT2D eigenvalue weighted by Gasteiger charge is -2.34. The van der Waals surface area contributed by atoms with E-state index in [0.717, 1.165) is 12.0 Å². The van der Waals surface area contributed by atoms with Crippen LogP contribution in [0.3, 0.4) is 0 Å². The molecule has 2 aromatic carbocycles. The van der Waals surface area contributed by atoms with Gasteiger partial charge in [-0.05, 0) is 69.9 Å². The first-order chi connectivity index (χ1) is 15.5. The van der Waals surface area contributed by atoms with Crippen LogP contribution in [0.1, 0.15) is 46.8 Å². The van der Waals surface area contributed by atoms with E-state index < -0.39 is 16.0 Å². The number of aromatic carboxylic acids is 1. The average molecular weight is 475 g/mol. The van der Waals surface area contributed by atoms with Gasteiger partial charge < -0.3 is 14.7 Å². The van der Waals surface area contributed by atoms with Crippen LogP contribution < -0.4 is 9.62 Å². The number of aryl methyl sites for hydroxylation is 3. The summed E-state index contributed by atoms with van der Waals surface area (Å²) in [5.74, 6) is -1.79. The van der Waals surface area contributed by atoms with Crippen LogP contribution in [0.4, 0.5) is 11.4 Å². The Hall–Kier alpha value is -3.07. The molecule has 0 radical (unpaired) electrons. The van der Waals surface area contributed by atoms with E-state index in [2.05, 4.69) is 4.72 Å². The molecule has 0 unspecified atom stereocenters. The van der Waals surface area contributed by atoms with Crippen LogP contribution >= 0.6 is 0 Å². The van der Waals surface area contributed by atoms with Crippen molar-refractivity contribution < 1.29 is 27.9 Å². The van der Waals surface area contributed by atoms with Crippen LogP contribution in [0, 0.1) is 26.7 Å². The molecule has 0 aromatic heterocycles. The normalized spacial score (nSPS) is 16.4. The Kier molecular flexibility index (Phi) is 7.31. The van der Waals surface area contributed by atoms with E-state index in [1.165, 1.54) is 6.07 Å². The number of carboxylic acids is 1. The second-order valence-electron chi connectivity index (χ2n) is 8.41. The molecule has 9 heteroatoms. The molecule has 0 amide bonds. The van der Waals surface area contributed by atoms with Crippen molar-refractivity contribution in [2.45, 2.75) is 45.4 Å². The number of nitrogens with zero attached hydrogens (tertiary/aromatic N) is 1. The van der Waals surface area contributed by atoms with E-state index in [0.29, 0.717) is 42.9 Å². The first-order valence-electron chi connectivity index (χ1n) is 10.9. The molecule has 1 saturated heterocycles. The highest BCUT2D eigenvalue weighted by molar-refractivity contribution is 7.92. The van der Waals surface area contributed by atoms with E-state index in [4.69, 9.17) is 4.74 Å². The van der Waals surface area contributed by atoms with Gasteiger partial charge in [-0.3, -0.25) is 9.52 Å². The van der Waals surface area contributed by atoms with Crippen LogP contribution in [0.25, 0.3) is 0 Å². The summed E-state index contributed by atoms with van der Waals surface area (Å²) < 4.78 is 33.8.